The number of para-hydroxylation sites is 2. The zero-order valence-corrected chi connectivity index (χ0v) is 15.3. The van der Waals surface area contributed by atoms with Crippen LogP contribution < -0.4 is 14.2 Å². The lowest BCUT2D eigenvalue weighted by Crippen LogP contribution is -2.47. The van der Waals surface area contributed by atoms with E-state index in [1.807, 2.05) is 47.4 Å². The molecular formula is C21H23NO5. The number of methoxy groups -OCH3 is 1. The van der Waals surface area contributed by atoms with Gasteiger partial charge in [0.1, 0.15) is 18.5 Å². The van der Waals surface area contributed by atoms with Gasteiger partial charge in [0.2, 0.25) is 0 Å². The average molecular weight is 369 g/mol. The molecule has 0 bridgehead atoms. The second kappa shape index (κ2) is 7.88. The predicted octanol–water partition coefficient (Wildman–Crippen LogP) is 2.55. The van der Waals surface area contributed by atoms with Gasteiger partial charge >= 0.3 is 0 Å². The number of amides is 1. The van der Waals surface area contributed by atoms with Gasteiger partial charge in [-0.3, -0.25) is 4.79 Å². The van der Waals surface area contributed by atoms with Crippen molar-refractivity contribution >= 4 is 5.91 Å². The van der Waals surface area contributed by atoms with Crippen LogP contribution >= 0.6 is 0 Å². The zero-order chi connectivity index (χ0) is 18.6. The van der Waals surface area contributed by atoms with Crippen molar-refractivity contribution in [2.75, 3.05) is 40.0 Å². The Labute approximate surface area is 158 Å². The molecule has 0 saturated carbocycles. The van der Waals surface area contributed by atoms with Crippen molar-refractivity contribution in [2.45, 2.75) is 12.5 Å². The number of carbonyl (C=O) groups excluding carboxylic acids is 1. The van der Waals surface area contributed by atoms with Gasteiger partial charge in [-0.05, 0) is 35.9 Å². The number of hydrogen-bond donors (Lipinski definition) is 0. The summed E-state index contributed by atoms with van der Waals surface area (Å²) in [5, 5.41) is 0. The molecule has 1 unspecified atom stereocenters. The molecule has 2 heterocycles. The van der Waals surface area contributed by atoms with E-state index in [0.717, 1.165) is 17.7 Å². The quantitative estimate of drug-likeness (QED) is 0.811. The number of fused-ring (bicyclic) bond motifs is 1. The van der Waals surface area contributed by atoms with Crippen molar-refractivity contribution in [1.82, 2.24) is 4.90 Å². The van der Waals surface area contributed by atoms with Gasteiger partial charge in [-0.2, -0.15) is 0 Å². The Balaban J connectivity index is 1.38. The third-order valence-corrected chi connectivity index (χ3v) is 4.86. The molecule has 1 fully saturated rings. The fourth-order valence-electron chi connectivity index (χ4n) is 3.43. The van der Waals surface area contributed by atoms with Crippen LogP contribution in [0.2, 0.25) is 0 Å². The Bertz CT molecular complexity index is 822. The Kier molecular flexibility index (Phi) is 5.16. The van der Waals surface area contributed by atoms with Gasteiger partial charge in [0.05, 0.1) is 26.9 Å². The molecule has 4 rings (SSSR count). The highest BCUT2D eigenvalue weighted by Gasteiger charge is 2.26. The third-order valence-electron chi connectivity index (χ3n) is 4.86. The first kappa shape index (κ1) is 17.7. The first-order valence-corrected chi connectivity index (χ1v) is 9.17. The van der Waals surface area contributed by atoms with Gasteiger partial charge in [-0.15, -0.1) is 0 Å². The van der Waals surface area contributed by atoms with Crippen LogP contribution in [0.5, 0.6) is 17.2 Å². The number of nitrogens with zero attached hydrogens (tertiary/aromatic N) is 1. The van der Waals surface area contributed by atoms with Crippen molar-refractivity contribution in [3.05, 3.63) is 53.6 Å². The number of benzene rings is 2. The summed E-state index contributed by atoms with van der Waals surface area (Å²) < 4.78 is 22.5. The van der Waals surface area contributed by atoms with E-state index in [1.54, 1.807) is 7.11 Å². The van der Waals surface area contributed by atoms with E-state index in [0.29, 0.717) is 50.0 Å². The van der Waals surface area contributed by atoms with Crippen LogP contribution in [0.25, 0.3) is 0 Å². The molecular weight excluding hydrogens is 346 g/mol. The third kappa shape index (κ3) is 3.85. The largest absolute Gasteiger partial charge is 0.493 e. The smallest absolute Gasteiger partial charge is 0.254 e. The van der Waals surface area contributed by atoms with E-state index in [1.165, 1.54) is 0 Å². The van der Waals surface area contributed by atoms with Crippen LogP contribution in [0.15, 0.2) is 42.5 Å². The van der Waals surface area contributed by atoms with E-state index in [2.05, 4.69) is 0 Å². The fourth-order valence-corrected chi connectivity index (χ4v) is 3.43. The molecule has 6 heteroatoms. The maximum Gasteiger partial charge on any atom is 0.254 e. The zero-order valence-electron chi connectivity index (χ0n) is 15.3. The SMILES string of the molecule is COc1ccccc1OCC1CN(C(=O)c2ccc3c(c2)CCO3)CCO1. The molecule has 6 nitrogen and oxygen atoms in total. The molecule has 2 aromatic carbocycles. The van der Waals surface area contributed by atoms with Crippen LogP contribution in [-0.4, -0.2) is 56.9 Å². The minimum Gasteiger partial charge on any atom is -0.493 e. The number of carbonyl (C=O) groups is 1. The maximum absolute atomic E-state index is 12.9. The molecule has 2 aliphatic rings. The predicted molar refractivity (Wildman–Crippen MR) is 99.8 cm³/mol. The lowest BCUT2D eigenvalue weighted by atomic mass is 10.1. The van der Waals surface area contributed by atoms with Gasteiger partial charge in [-0.1, -0.05) is 12.1 Å². The first-order valence-electron chi connectivity index (χ1n) is 9.17. The van der Waals surface area contributed by atoms with E-state index in [-0.39, 0.29) is 12.0 Å². The Morgan fingerprint density at radius 3 is 2.89 bits per heavy atom. The van der Waals surface area contributed by atoms with Gasteiger partial charge in [0.15, 0.2) is 11.5 Å². The number of ether oxygens (including phenoxy) is 4. The Morgan fingerprint density at radius 2 is 2.04 bits per heavy atom. The van der Waals surface area contributed by atoms with E-state index < -0.39 is 0 Å². The second-order valence-electron chi connectivity index (χ2n) is 6.63. The van der Waals surface area contributed by atoms with E-state index in [9.17, 15) is 4.79 Å². The molecule has 0 N–H and O–H groups in total. The highest BCUT2D eigenvalue weighted by molar-refractivity contribution is 5.94. The lowest BCUT2D eigenvalue weighted by molar-refractivity contribution is -0.0403. The van der Waals surface area contributed by atoms with Crippen LogP contribution in [0, 0.1) is 0 Å². The molecule has 0 radical (unpaired) electrons. The minimum absolute atomic E-state index is 0.0234. The van der Waals surface area contributed by atoms with Crippen molar-refractivity contribution < 1.29 is 23.7 Å². The molecule has 0 aliphatic carbocycles. The van der Waals surface area contributed by atoms with Gasteiger partial charge in [0, 0.05) is 18.5 Å². The van der Waals surface area contributed by atoms with Crippen LogP contribution in [-0.2, 0) is 11.2 Å². The molecule has 27 heavy (non-hydrogen) atoms. The van der Waals surface area contributed by atoms with Crippen LogP contribution in [0.4, 0.5) is 0 Å². The summed E-state index contributed by atoms with van der Waals surface area (Å²) in [6, 6.07) is 13.2. The average Bonchev–Trinajstić information content (AvgIpc) is 3.20. The van der Waals surface area contributed by atoms with Gasteiger partial charge in [0.25, 0.3) is 5.91 Å². The topological polar surface area (TPSA) is 57.2 Å². The standard InChI is InChI=1S/C21H23NO5/c1-24-19-4-2-3-5-20(19)27-14-17-13-22(9-11-25-17)21(23)16-6-7-18-15(12-16)8-10-26-18/h2-7,12,17H,8-11,13-14H2,1H3. The van der Waals surface area contributed by atoms with Crippen LogP contribution in [0.3, 0.4) is 0 Å². The van der Waals surface area contributed by atoms with Gasteiger partial charge in [-0.25, -0.2) is 0 Å². The monoisotopic (exact) mass is 369 g/mol. The molecule has 142 valence electrons. The molecule has 0 spiro atoms. The van der Waals surface area contributed by atoms with Gasteiger partial charge < -0.3 is 23.8 Å². The summed E-state index contributed by atoms with van der Waals surface area (Å²) in [7, 11) is 1.61. The highest BCUT2D eigenvalue weighted by Crippen LogP contribution is 2.28. The van der Waals surface area contributed by atoms with E-state index in [4.69, 9.17) is 18.9 Å². The maximum atomic E-state index is 12.9. The Hall–Kier alpha value is -2.73. The summed E-state index contributed by atoms with van der Waals surface area (Å²) in [6.45, 7) is 2.63. The van der Waals surface area contributed by atoms with Crippen molar-refractivity contribution in [3.63, 3.8) is 0 Å². The number of rotatable bonds is 5. The van der Waals surface area contributed by atoms with Crippen LogP contribution in [0.1, 0.15) is 15.9 Å². The van der Waals surface area contributed by atoms with Crippen molar-refractivity contribution in [2.24, 2.45) is 0 Å². The summed E-state index contributed by atoms with van der Waals surface area (Å²) in [5.41, 5.74) is 1.80. The highest BCUT2D eigenvalue weighted by atomic mass is 16.5. The number of morpholine rings is 1. The molecule has 1 saturated heterocycles. The summed E-state index contributed by atoms with van der Waals surface area (Å²) >= 11 is 0. The van der Waals surface area contributed by atoms with Crippen molar-refractivity contribution in [1.29, 1.82) is 0 Å². The summed E-state index contributed by atoms with van der Waals surface area (Å²) in [6.07, 6.45) is 0.681. The fraction of sp³-hybridized carbons (Fsp3) is 0.381. The molecule has 2 aromatic rings. The molecule has 1 amide bonds. The summed E-state index contributed by atoms with van der Waals surface area (Å²) in [4.78, 5) is 14.7. The summed E-state index contributed by atoms with van der Waals surface area (Å²) in [5.74, 6) is 2.26. The molecule has 1 atom stereocenters. The second-order valence-corrected chi connectivity index (χ2v) is 6.63. The lowest BCUT2D eigenvalue weighted by Gasteiger charge is -2.33. The molecule has 2 aliphatic heterocycles. The van der Waals surface area contributed by atoms with Crippen molar-refractivity contribution in [3.8, 4) is 17.2 Å². The normalized spacial score (nSPS) is 18.6. The van der Waals surface area contributed by atoms with E-state index >= 15 is 0 Å². The first-order chi connectivity index (χ1) is 13.2. The Morgan fingerprint density at radius 1 is 1.19 bits per heavy atom. The number of hydrogen-bond acceptors (Lipinski definition) is 5. The molecule has 0 aromatic heterocycles. The minimum atomic E-state index is -0.176.